The van der Waals surface area contributed by atoms with E-state index in [2.05, 4.69) is 41.1 Å². The lowest BCUT2D eigenvalue weighted by molar-refractivity contribution is -0.145. The van der Waals surface area contributed by atoms with Crippen molar-refractivity contribution >= 4 is 17.4 Å². The van der Waals surface area contributed by atoms with E-state index in [-0.39, 0.29) is 28.3 Å². The highest BCUT2D eigenvalue weighted by atomic mass is 32.1. The second-order valence-electron chi connectivity index (χ2n) is 12.1. The minimum Gasteiger partial charge on any atom is -0.323 e. The molecule has 3 saturated heterocycles. The van der Waals surface area contributed by atoms with E-state index >= 15 is 0 Å². The van der Waals surface area contributed by atoms with E-state index in [1.54, 1.807) is 11.3 Å². The Morgan fingerprint density at radius 3 is 2.23 bits per heavy atom. The summed E-state index contributed by atoms with van der Waals surface area (Å²) in [5.41, 5.74) is 1.47. The lowest BCUT2D eigenvalue weighted by atomic mass is 9.60. The number of aromatic nitrogens is 4. The van der Waals surface area contributed by atoms with E-state index in [1.165, 1.54) is 11.0 Å². The molecule has 0 aromatic carbocycles. The topological polar surface area (TPSA) is 70.4 Å². The lowest BCUT2D eigenvalue weighted by Gasteiger charge is -2.63. The molecule has 12 heteroatoms. The first-order valence-electron chi connectivity index (χ1n) is 12.0. The van der Waals surface area contributed by atoms with Gasteiger partial charge in [0.15, 0.2) is 0 Å². The summed E-state index contributed by atoms with van der Waals surface area (Å²) in [6.45, 7) is 12.4. The Balaban J connectivity index is 0.926. The molecule has 4 aliphatic rings. The van der Waals surface area contributed by atoms with E-state index in [0.717, 1.165) is 56.3 Å². The van der Waals surface area contributed by atoms with Crippen LogP contribution in [0.15, 0.2) is 11.7 Å². The van der Waals surface area contributed by atoms with Crippen LogP contribution in [0.25, 0.3) is 0 Å². The minimum atomic E-state index is -4.52. The Labute approximate surface area is 206 Å². The Bertz CT molecular complexity index is 1120. The maximum atomic E-state index is 12.9. The predicted molar refractivity (Wildman–Crippen MR) is 123 cm³/mol. The van der Waals surface area contributed by atoms with Crippen molar-refractivity contribution in [3.8, 4) is 0 Å². The molecule has 3 aliphatic heterocycles. The molecule has 2 aromatic rings. The summed E-state index contributed by atoms with van der Waals surface area (Å²) in [4.78, 5) is 27.3. The molecule has 0 N–H and O–H groups in total. The van der Waals surface area contributed by atoms with Gasteiger partial charge >= 0.3 is 12.2 Å². The number of hydrogen-bond donors (Lipinski definition) is 0. The van der Waals surface area contributed by atoms with Gasteiger partial charge in [-0.1, -0.05) is 20.8 Å². The number of halogens is 3. The van der Waals surface area contributed by atoms with Crippen molar-refractivity contribution in [2.24, 2.45) is 10.8 Å². The van der Waals surface area contributed by atoms with Gasteiger partial charge in [0.25, 0.3) is 5.82 Å². The maximum absolute atomic E-state index is 12.9. The summed E-state index contributed by atoms with van der Waals surface area (Å²) in [6, 6.07) is 0.0272. The summed E-state index contributed by atoms with van der Waals surface area (Å²) < 4.78 is 39.5. The number of hydrogen-bond acceptors (Lipinski definition) is 6. The third kappa shape index (κ3) is 4.02. The first-order valence-corrected chi connectivity index (χ1v) is 12.9. The summed E-state index contributed by atoms with van der Waals surface area (Å²) >= 11 is 1.73. The smallest absolute Gasteiger partial charge is 0.323 e. The van der Waals surface area contributed by atoms with Crippen molar-refractivity contribution in [3.05, 3.63) is 28.2 Å². The van der Waals surface area contributed by atoms with Crippen LogP contribution < -0.4 is 0 Å². The fourth-order valence-electron chi connectivity index (χ4n) is 6.10. The van der Waals surface area contributed by atoms with Crippen LogP contribution in [0.5, 0.6) is 0 Å². The van der Waals surface area contributed by atoms with Crippen LogP contribution in [0, 0.1) is 10.8 Å². The van der Waals surface area contributed by atoms with Crippen molar-refractivity contribution in [3.63, 3.8) is 0 Å². The number of urea groups is 1. The lowest BCUT2D eigenvalue weighted by Crippen LogP contribution is -2.75. The first-order chi connectivity index (χ1) is 16.3. The molecule has 2 amide bonds. The second-order valence-corrected chi connectivity index (χ2v) is 13.1. The summed E-state index contributed by atoms with van der Waals surface area (Å²) in [5.74, 6) is -1.09. The van der Waals surface area contributed by atoms with Crippen LogP contribution in [-0.4, -0.2) is 79.7 Å². The molecule has 35 heavy (non-hydrogen) atoms. The average molecular weight is 510 g/mol. The third-order valence-electron chi connectivity index (χ3n) is 7.92. The fraction of sp³-hybridized carbons (Fsp3) is 0.739. The summed E-state index contributed by atoms with van der Waals surface area (Å²) in [5, 5.41) is 6.90. The second kappa shape index (κ2) is 7.41. The highest BCUT2D eigenvalue weighted by Gasteiger charge is 2.58. The van der Waals surface area contributed by atoms with Gasteiger partial charge in [-0.2, -0.15) is 13.2 Å². The Kier molecular flexibility index (Phi) is 4.91. The Morgan fingerprint density at radius 2 is 1.69 bits per heavy atom. The number of nitrogens with zero attached hydrogens (tertiary/aromatic N) is 7. The van der Waals surface area contributed by atoms with Gasteiger partial charge in [0.2, 0.25) is 0 Å². The largest absolute Gasteiger partial charge is 0.453 e. The molecule has 0 unspecified atom stereocenters. The van der Waals surface area contributed by atoms with Gasteiger partial charge < -0.3 is 9.80 Å². The molecule has 190 valence electrons. The van der Waals surface area contributed by atoms with E-state index in [9.17, 15) is 18.0 Å². The number of alkyl halides is 3. The van der Waals surface area contributed by atoms with E-state index in [1.807, 2.05) is 9.80 Å². The molecule has 8 nitrogen and oxygen atoms in total. The molecule has 1 aliphatic carbocycles. The molecule has 2 spiro atoms. The number of rotatable bonds is 3. The van der Waals surface area contributed by atoms with Crippen LogP contribution in [0.2, 0.25) is 0 Å². The molecule has 2 aromatic heterocycles. The van der Waals surface area contributed by atoms with E-state index in [4.69, 9.17) is 4.98 Å². The van der Waals surface area contributed by atoms with Gasteiger partial charge in [-0.3, -0.25) is 4.90 Å². The summed E-state index contributed by atoms with van der Waals surface area (Å²) in [6.07, 6.45) is -1.87. The molecule has 0 atom stereocenters. The third-order valence-corrected chi connectivity index (χ3v) is 8.75. The van der Waals surface area contributed by atoms with Crippen molar-refractivity contribution < 1.29 is 18.0 Å². The quantitative estimate of drug-likeness (QED) is 0.632. The van der Waals surface area contributed by atoms with Crippen molar-refractivity contribution in [1.29, 1.82) is 0 Å². The minimum absolute atomic E-state index is 0.0279. The zero-order chi connectivity index (χ0) is 24.8. The summed E-state index contributed by atoms with van der Waals surface area (Å²) in [7, 11) is 0. The molecule has 4 fully saturated rings. The molecule has 5 heterocycles. The molecule has 1 saturated carbocycles. The van der Waals surface area contributed by atoms with Crippen LogP contribution in [0.1, 0.15) is 56.2 Å². The number of amides is 2. The van der Waals surface area contributed by atoms with Crippen LogP contribution in [-0.2, 0) is 18.1 Å². The average Bonchev–Trinajstić information content (AvgIpc) is 3.29. The standard InChI is InChI=1S/C23H30F3N7OS/c1-20(2,3)16-7-35-17(28-16)6-30-8-22(9-30)12-32(13-22)19(34)31-10-21(11-31)4-15(5-21)33-14-27-18(29-33)23(24,25)26/h7,14-15H,4-6,8-13H2,1-3H3. The highest BCUT2D eigenvalue weighted by Crippen LogP contribution is 2.54. The van der Waals surface area contributed by atoms with E-state index < -0.39 is 12.0 Å². The maximum Gasteiger partial charge on any atom is 0.453 e. The van der Waals surface area contributed by atoms with Gasteiger partial charge in [0, 0.05) is 60.9 Å². The highest BCUT2D eigenvalue weighted by molar-refractivity contribution is 7.09. The molecule has 0 bridgehead atoms. The molecular weight excluding hydrogens is 479 g/mol. The number of carbonyl (C=O) groups excluding carboxylic acids is 1. The molecule has 6 rings (SSSR count). The zero-order valence-electron chi connectivity index (χ0n) is 20.2. The SMILES string of the molecule is CC(C)(C)c1csc(CN2CC3(C2)CN(C(=O)N2CC4(CC(n5cnc(C(F)(F)F)n5)C4)C2)C3)n1. The Morgan fingerprint density at radius 1 is 1.06 bits per heavy atom. The number of likely N-dealkylation sites (tertiary alicyclic amines) is 3. The van der Waals surface area contributed by atoms with Gasteiger partial charge in [0.05, 0.1) is 18.3 Å². The van der Waals surface area contributed by atoms with Crippen molar-refractivity contribution in [1.82, 2.24) is 34.4 Å². The monoisotopic (exact) mass is 509 g/mol. The van der Waals surface area contributed by atoms with Gasteiger partial charge in [-0.15, -0.1) is 16.4 Å². The van der Waals surface area contributed by atoms with Crippen LogP contribution in [0.3, 0.4) is 0 Å². The van der Waals surface area contributed by atoms with Gasteiger partial charge in [-0.25, -0.2) is 19.4 Å². The van der Waals surface area contributed by atoms with Crippen molar-refractivity contribution in [2.75, 3.05) is 39.3 Å². The molecule has 0 radical (unpaired) electrons. The fourth-order valence-corrected chi connectivity index (χ4v) is 7.16. The first kappa shape index (κ1) is 23.2. The molecular formula is C23H30F3N7OS. The predicted octanol–water partition coefficient (Wildman–Crippen LogP) is 3.63. The van der Waals surface area contributed by atoms with Gasteiger partial charge in [0.1, 0.15) is 11.3 Å². The van der Waals surface area contributed by atoms with E-state index in [0.29, 0.717) is 13.1 Å². The normalized spacial score (nSPS) is 23.7. The zero-order valence-corrected chi connectivity index (χ0v) is 21.0. The number of thiazole rings is 1. The number of carbonyl (C=O) groups is 1. The van der Waals surface area contributed by atoms with Crippen LogP contribution in [0.4, 0.5) is 18.0 Å². The van der Waals surface area contributed by atoms with Crippen LogP contribution >= 0.6 is 11.3 Å². The van der Waals surface area contributed by atoms with Crippen molar-refractivity contribution in [2.45, 2.75) is 57.8 Å². The Hall–Kier alpha value is -2.21. The van der Waals surface area contributed by atoms with Gasteiger partial charge in [-0.05, 0) is 12.8 Å².